The summed E-state index contributed by atoms with van der Waals surface area (Å²) in [7, 11) is 0. The first-order valence-electron chi connectivity index (χ1n) is 7.02. The summed E-state index contributed by atoms with van der Waals surface area (Å²) in [6, 6.07) is 6.73. The predicted octanol–water partition coefficient (Wildman–Crippen LogP) is 2.75. The fraction of sp³-hybridized carbons (Fsp3) is 0.467. The van der Waals surface area contributed by atoms with Crippen LogP contribution in [0.5, 0.6) is 0 Å². The molecule has 5 heteroatoms. The Labute approximate surface area is 120 Å². The number of nitrogens with one attached hydrogen (secondary N) is 3. The molecule has 110 valence electrons. The number of hydrogen-bond acceptors (Lipinski definition) is 2. The number of hydrogen-bond donors (Lipinski definition) is 3. The lowest BCUT2D eigenvalue weighted by atomic mass is 10.2. The van der Waals surface area contributed by atoms with Crippen LogP contribution in [0.2, 0.25) is 0 Å². The Hall–Kier alpha value is -2.04. The van der Waals surface area contributed by atoms with E-state index in [2.05, 4.69) is 16.0 Å². The molecule has 0 aliphatic heterocycles. The summed E-state index contributed by atoms with van der Waals surface area (Å²) in [5, 5.41) is 8.35. The van der Waals surface area contributed by atoms with E-state index in [9.17, 15) is 9.59 Å². The average Bonchev–Trinajstić information content (AvgIpc) is 2.45. The highest BCUT2D eigenvalue weighted by Crippen LogP contribution is 2.09. The van der Waals surface area contributed by atoms with Gasteiger partial charge in [0.05, 0.1) is 0 Å². The maximum Gasteiger partial charge on any atom is 0.319 e. The minimum absolute atomic E-state index is 0.0949. The van der Waals surface area contributed by atoms with Crippen molar-refractivity contribution in [2.75, 3.05) is 11.9 Å². The molecule has 0 heterocycles. The van der Waals surface area contributed by atoms with Gasteiger partial charge < -0.3 is 16.0 Å². The molecule has 0 bridgehead atoms. The van der Waals surface area contributed by atoms with E-state index in [0.717, 1.165) is 12.8 Å². The Morgan fingerprint density at radius 2 is 1.80 bits per heavy atom. The van der Waals surface area contributed by atoms with Gasteiger partial charge in [-0.2, -0.15) is 0 Å². The first-order chi connectivity index (χ1) is 9.56. The molecular formula is C15H23N3O2. The zero-order chi connectivity index (χ0) is 15.0. The van der Waals surface area contributed by atoms with E-state index >= 15 is 0 Å². The Kier molecular flexibility index (Phi) is 6.56. The summed E-state index contributed by atoms with van der Waals surface area (Å²) in [5.74, 6) is -0.0949. The molecule has 0 aliphatic rings. The fourth-order valence-electron chi connectivity index (χ4n) is 1.54. The highest BCUT2D eigenvalue weighted by Gasteiger charge is 2.07. The van der Waals surface area contributed by atoms with Gasteiger partial charge >= 0.3 is 6.03 Å². The van der Waals surface area contributed by atoms with Crippen LogP contribution in [0.25, 0.3) is 0 Å². The van der Waals surface area contributed by atoms with Crippen molar-refractivity contribution in [3.05, 3.63) is 29.8 Å². The average molecular weight is 277 g/mol. The quantitative estimate of drug-likeness (QED) is 0.748. The monoisotopic (exact) mass is 277 g/mol. The largest absolute Gasteiger partial charge is 0.352 e. The Balaban J connectivity index is 2.54. The van der Waals surface area contributed by atoms with E-state index in [1.165, 1.54) is 0 Å². The number of carbonyl (C=O) groups excluding carboxylic acids is 2. The lowest BCUT2D eigenvalue weighted by molar-refractivity contribution is 0.0953. The summed E-state index contributed by atoms with van der Waals surface area (Å²) >= 11 is 0. The molecule has 0 aliphatic carbocycles. The molecule has 0 saturated carbocycles. The summed E-state index contributed by atoms with van der Waals surface area (Å²) in [6.45, 7) is 6.62. The summed E-state index contributed by atoms with van der Waals surface area (Å²) < 4.78 is 0. The van der Waals surface area contributed by atoms with Gasteiger partial charge in [0.15, 0.2) is 0 Å². The number of urea groups is 1. The van der Waals surface area contributed by atoms with E-state index in [1.54, 1.807) is 24.3 Å². The molecule has 1 unspecified atom stereocenters. The molecule has 3 amide bonds. The van der Waals surface area contributed by atoms with E-state index < -0.39 is 0 Å². The molecule has 1 aromatic rings. The van der Waals surface area contributed by atoms with Crippen LogP contribution in [0.3, 0.4) is 0 Å². The maximum atomic E-state index is 11.7. The van der Waals surface area contributed by atoms with Crippen molar-refractivity contribution in [1.82, 2.24) is 10.6 Å². The van der Waals surface area contributed by atoms with Crippen LogP contribution in [0, 0.1) is 0 Å². The van der Waals surface area contributed by atoms with E-state index in [-0.39, 0.29) is 18.0 Å². The van der Waals surface area contributed by atoms with Gasteiger partial charge in [-0.25, -0.2) is 4.79 Å². The second-order valence-corrected chi connectivity index (χ2v) is 4.74. The molecule has 0 aromatic heterocycles. The van der Waals surface area contributed by atoms with Crippen molar-refractivity contribution >= 4 is 17.6 Å². The minimum Gasteiger partial charge on any atom is -0.352 e. The zero-order valence-electron chi connectivity index (χ0n) is 12.3. The molecule has 1 rings (SSSR count). The fourth-order valence-corrected chi connectivity index (χ4v) is 1.54. The Bertz CT molecular complexity index is 443. The smallest absolute Gasteiger partial charge is 0.319 e. The zero-order valence-corrected chi connectivity index (χ0v) is 12.3. The molecule has 20 heavy (non-hydrogen) atoms. The number of carbonyl (C=O) groups is 2. The van der Waals surface area contributed by atoms with Gasteiger partial charge in [0.1, 0.15) is 0 Å². The third-order valence-electron chi connectivity index (χ3n) is 2.93. The second-order valence-electron chi connectivity index (χ2n) is 4.74. The molecular weight excluding hydrogens is 254 g/mol. The molecule has 1 atom stereocenters. The molecule has 0 radical (unpaired) electrons. The van der Waals surface area contributed by atoms with Gasteiger partial charge in [-0.1, -0.05) is 13.8 Å². The number of anilines is 1. The van der Waals surface area contributed by atoms with Crippen LogP contribution in [-0.2, 0) is 0 Å². The number of benzene rings is 1. The van der Waals surface area contributed by atoms with Crippen molar-refractivity contribution in [2.24, 2.45) is 0 Å². The molecule has 3 N–H and O–H groups in total. The van der Waals surface area contributed by atoms with Crippen molar-refractivity contribution in [3.8, 4) is 0 Å². The van der Waals surface area contributed by atoms with Crippen LogP contribution in [-0.4, -0.2) is 24.5 Å². The standard InChI is InChI=1S/C15H23N3O2/c1-4-10-16-14(19)12-6-8-13(9-7-12)18-15(20)17-11(3)5-2/h6-9,11H,4-5,10H2,1-3H3,(H,16,19)(H2,17,18,20). The van der Waals surface area contributed by atoms with Gasteiger partial charge in [-0.05, 0) is 44.0 Å². The molecule has 1 aromatic carbocycles. The number of amides is 3. The summed E-state index contributed by atoms with van der Waals surface area (Å²) in [4.78, 5) is 23.4. The van der Waals surface area contributed by atoms with Crippen molar-refractivity contribution in [3.63, 3.8) is 0 Å². The lowest BCUT2D eigenvalue weighted by Gasteiger charge is -2.12. The van der Waals surface area contributed by atoms with Crippen LogP contribution in [0.4, 0.5) is 10.5 Å². The molecule has 0 spiro atoms. The van der Waals surface area contributed by atoms with Crippen LogP contribution in [0.1, 0.15) is 44.0 Å². The topological polar surface area (TPSA) is 70.2 Å². The third kappa shape index (κ3) is 5.30. The van der Waals surface area contributed by atoms with Crippen LogP contribution >= 0.6 is 0 Å². The molecule has 5 nitrogen and oxygen atoms in total. The summed E-state index contributed by atoms with van der Waals surface area (Å²) in [6.07, 6.45) is 1.78. The van der Waals surface area contributed by atoms with E-state index in [0.29, 0.717) is 17.8 Å². The van der Waals surface area contributed by atoms with E-state index in [1.807, 2.05) is 20.8 Å². The lowest BCUT2D eigenvalue weighted by Crippen LogP contribution is -2.35. The SMILES string of the molecule is CCCNC(=O)c1ccc(NC(=O)NC(C)CC)cc1. The maximum absolute atomic E-state index is 11.7. The second kappa shape index (κ2) is 8.19. The minimum atomic E-state index is -0.234. The van der Waals surface area contributed by atoms with Crippen LogP contribution in [0.15, 0.2) is 24.3 Å². The highest BCUT2D eigenvalue weighted by atomic mass is 16.2. The van der Waals surface area contributed by atoms with Crippen LogP contribution < -0.4 is 16.0 Å². The third-order valence-corrected chi connectivity index (χ3v) is 2.93. The van der Waals surface area contributed by atoms with E-state index in [4.69, 9.17) is 0 Å². The van der Waals surface area contributed by atoms with Crippen molar-refractivity contribution < 1.29 is 9.59 Å². The first kappa shape index (κ1) is 16.0. The Morgan fingerprint density at radius 3 is 2.35 bits per heavy atom. The normalized spacial score (nSPS) is 11.6. The summed E-state index contributed by atoms with van der Waals surface area (Å²) in [5.41, 5.74) is 1.25. The number of rotatable bonds is 6. The Morgan fingerprint density at radius 1 is 1.15 bits per heavy atom. The van der Waals surface area contributed by atoms with Crippen molar-refractivity contribution in [2.45, 2.75) is 39.7 Å². The molecule has 0 saturated heterocycles. The predicted molar refractivity (Wildman–Crippen MR) is 81.0 cm³/mol. The highest BCUT2D eigenvalue weighted by molar-refractivity contribution is 5.95. The first-order valence-corrected chi connectivity index (χ1v) is 7.02. The van der Waals surface area contributed by atoms with Gasteiger partial charge in [0.2, 0.25) is 0 Å². The van der Waals surface area contributed by atoms with Gasteiger partial charge in [-0.15, -0.1) is 0 Å². The van der Waals surface area contributed by atoms with Crippen molar-refractivity contribution in [1.29, 1.82) is 0 Å². The van der Waals surface area contributed by atoms with Gasteiger partial charge in [0.25, 0.3) is 5.91 Å². The van der Waals surface area contributed by atoms with Gasteiger partial charge in [-0.3, -0.25) is 4.79 Å². The van der Waals surface area contributed by atoms with Gasteiger partial charge in [0, 0.05) is 23.8 Å². The molecule has 0 fully saturated rings.